The first-order chi connectivity index (χ1) is 10.0. The molecule has 2 rings (SSSR count). The van der Waals surface area contributed by atoms with Crippen LogP contribution in [0.3, 0.4) is 0 Å². The molecule has 4 nitrogen and oxygen atoms in total. The van der Waals surface area contributed by atoms with Crippen LogP contribution >= 0.6 is 36.4 Å². The monoisotopic (exact) mass is 377 g/mol. The highest BCUT2D eigenvalue weighted by molar-refractivity contribution is 6.31. The highest BCUT2D eigenvalue weighted by Gasteiger charge is 2.27. The van der Waals surface area contributed by atoms with Crippen LogP contribution in [-0.2, 0) is 0 Å². The molecular formula is C16H22Cl3N3O. The predicted molar refractivity (Wildman–Crippen MR) is 101 cm³/mol. The summed E-state index contributed by atoms with van der Waals surface area (Å²) in [5.74, 6) is -0.203. The number of hydrogen-bond acceptors (Lipinski definition) is 3. The molecule has 1 aromatic carbocycles. The molecule has 1 amide bonds. The van der Waals surface area contributed by atoms with Crippen LogP contribution in [0.2, 0.25) is 5.02 Å². The summed E-state index contributed by atoms with van der Waals surface area (Å²) >= 11 is 5.97. The van der Waals surface area contributed by atoms with Crippen molar-refractivity contribution in [1.29, 1.82) is 0 Å². The fourth-order valence-electron chi connectivity index (χ4n) is 2.29. The van der Waals surface area contributed by atoms with Crippen molar-refractivity contribution in [2.24, 2.45) is 5.73 Å². The van der Waals surface area contributed by atoms with Gasteiger partial charge in [-0.2, -0.15) is 0 Å². The van der Waals surface area contributed by atoms with E-state index in [1.807, 2.05) is 26.0 Å². The highest BCUT2D eigenvalue weighted by Crippen LogP contribution is 2.19. The second-order valence-electron chi connectivity index (χ2n) is 5.18. The normalized spacial score (nSPS) is 10.6. The smallest absolute Gasteiger partial charge is 0.270 e. The molecule has 0 atom stereocenters. The van der Waals surface area contributed by atoms with E-state index in [1.54, 1.807) is 18.2 Å². The summed E-state index contributed by atoms with van der Waals surface area (Å²) in [6.45, 7) is 4.44. The molecule has 0 saturated heterocycles. The molecule has 0 fully saturated rings. The van der Waals surface area contributed by atoms with Gasteiger partial charge in [-0.1, -0.05) is 37.6 Å². The molecule has 7 heteroatoms. The Hall–Kier alpha value is -1.07. The van der Waals surface area contributed by atoms with Crippen LogP contribution < -0.4 is 11.1 Å². The molecule has 1 aromatic heterocycles. The van der Waals surface area contributed by atoms with Crippen LogP contribution in [0.1, 0.15) is 37.2 Å². The van der Waals surface area contributed by atoms with E-state index >= 15 is 0 Å². The molecule has 3 N–H and O–H groups in total. The second kappa shape index (κ2) is 9.28. The summed E-state index contributed by atoms with van der Waals surface area (Å²) in [5.41, 5.74) is 6.53. The number of carbonyl (C=O) groups excluding carboxylic acids is 1. The summed E-state index contributed by atoms with van der Waals surface area (Å²) in [6, 6.07) is 9.03. The van der Waals surface area contributed by atoms with Gasteiger partial charge in [-0.3, -0.25) is 4.79 Å². The number of hydrogen-bond donors (Lipinski definition) is 2. The van der Waals surface area contributed by atoms with Crippen LogP contribution in [0.5, 0.6) is 0 Å². The Labute approximate surface area is 154 Å². The van der Waals surface area contributed by atoms with Gasteiger partial charge in [0.15, 0.2) is 0 Å². The topological polar surface area (TPSA) is 68.0 Å². The SMILES string of the molecule is CCC(CC)(CN)NC(=O)c1ccc2ccc(Cl)cc2n1.Cl.Cl. The van der Waals surface area contributed by atoms with Gasteiger partial charge in [0.2, 0.25) is 0 Å². The third-order valence-electron chi connectivity index (χ3n) is 4.01. The standard InChI is InChI=1S/C16H20ClN3O.2ClH/c1-3-16(4-2,10-18)20-15(21)13-8-6-11-5-7-12(17)9-14(11)19-13;;/h5-9H,3-4,10,18H2,1-2H3,(H,20,21);2*1H. The second-order valence-corrected chi connectivity index (χ2v) is 5.62. The van der Waals surface area contributed by atoms with Crippen molar-refractivity contribution in [3.63, 3.8) is 0 Å². The average molecular weight is 379 g/mol. The van der Waals surface area contributed by atoms with Gasteiger partial charge >= 0.3 is 0 Å². The molecule has 1 heterocycles. The van der Waals surface area contributed by atoms with Gasteiger partial charge in [0.05, 0.1) is 11.1 Å². The van der Waals surface area contributed by atoms with Crippen LogP contribution in [0.4, 0.5) is 0 Å². The first-order valence-corrected chi connectivity index (χ1v) is 7.50. The number of amides is 1. The lowest BCUT2D eigenvalue weighted by molar-refractivity contribution is 0.0890. The first kappa shape index (κ1) is 21.9. The molecule has 0 saturated carbocycles. The van der Waals surface area contributed by atoms with Crippen LogP contribution in [0, 0.1) is 0 Å². The number of rotatable bonds is 5. The van der Waals surface area contributed by atoms with Gasteiger partial charge in [0.25, 0.3) is 5.91 Å². The number of nitrogens with zero attached hydrogens (tertiary/aromatic N) is 1. The third-order valence-corrected chi connectivity index (χ3v) is 4.24. The minimum absolute atomic E-state index is 0. The largest absolute Gasteiger partial charge is 0.344 e. The van der Waals surface area contributed by atoms with Crippen LogP contribution in [-0.4, -0.2) is 23.0 Å². The summed E-state index contributed by atoms with van der Waals surface area (Å²) in [6.07, 6.45) is 1.57. The Kier molecular flexibility index (Phi) is 8.85. The summed E-state index contributed by atoms with van der Waals surface area (Å²) in [4.78, 5) is 16.8. The molecule has 0 spiro atoms. The molecule has 128 valence electrons. The Morgan fingerprint density at radius 1 is 1.22 bits per heavy atom. The van der Waals surface area contributed by atoms with E-state index in [-0.39, 0.29) is 36.3 Å². The third kappa shape index (κ3) is 4.95. The van der Waals surface area contributed by atoms with Gasteiger partial charge in [-0.05, 0) is 31.0 Å². The summed E-state index contributed by atoms with van der Waals surface area (Å²) in [7, 11) is 0. The number of carbonyl (C=O) groups is 1. The van der Waals surface area contributed by atoms with E-state index in [0.29, 0.717) is 22.8 Å². The number of nitrogens with one attached hydrogen (secondary N) is 1. The molecule has 23 heavy (non-hydrogen) atoms. The Bertz CT molecular complexity index is 652. The lowest BCUT2D eigenvalue weighted by Crippen LogP contribution is -2.53. The maximum Gasteiger partial charge on any atom is 0.270 e. The Morgan fingerprint density at radius 3 is 2.39 bits per heavy atom. The molecule has 0 unspecified atom stereocenters. The van der Waals surface area contributed by atoms with E-state index in [1.165, 1.54) is 0 Å². The molecule has 0 aliphatic carbocycles. The van der Waals surface area contributed by atoms with E-state index in [0.717, 1.165) is 18.2 Å². The molecule has 2 aromatic rings. The van der Waals surface area contributed by atoms with Crippen molar-refractivity contribution in [3.05, 3.63) is 41.0 Å². The van der Waals surface area contributed by atoms with Crippen molar-refractivity contribution in [2.75, 3.05) is 6.54 Å². The number of aromatic nitrogens is 1. The predicted octanol–water partition coefficient (Wildman–Crippen LogP) is 3.98. The van der Waals surface area contributed by atoms with Gasteiger partial charge in [0, 0.05) is 17.0 Å². The maximum absolute atomic E-state index is 12.4. The lowest BCUT2D eigenvalue weighted by atomic mass is 9.93. The molecule has 0 aliphatic heterocycles. The minimum Gasteiger partial charge on any atom is -0.344 e. The van der Waals surface area contributed by atoms with E-state index in [4.69, 9.17) is 17.3 Å². The van der Waals surface area contributed by atoms with Gasteiger partial charge in [-0.15, -0.1) is 24.8 Å². The number of halogens is 3. The zero-order chi connectivity index (χ0) is 15.5. The summed E-state index contributed by atoms with van der Waals surface area (Å²) in [5, 5.41) is 4.57. The molecule has 0 radical (unpaired) electrons. The Balaban J connectivity index is 0.00000242. The van der Waals surface area contributed by atoms with Crippen molar-refractivity contribution in [1.82, 2.24) is 10.3 Å². The van der Waals surface area contributed by atoms with E-state index in [2.05, 4.69) is 10.3 Å². The first-order valence-electron chi connectivity index (χ1n) is 7.12. The van der Waals surface area contributed by atoms with E-state index < -0.39 is 0 Å². The van der Waals surface area contributed by atoms with Gasteiger partial charge in [0.1, 0.15) is 5.69 Å². The quantitative estimate of drug-likeness (QED) is 0.827. The van der Waals surface area contributed by atoms with Gasteiger partial charge in [-0.25, -0.2) is 4.98 Å². The fraction of sp³-hybridized carbons (Fsp3) is 0.375. The van der Waals surface area contributed by atoms with Crippen molar-refractivity contribution in [2.45, 2.75) is 32.2 Å². The summed E-state index contributed by atoms with van der Waals surface area (Å²) < 4.78 is 0. The van der Waals surface area contributed by atoms with Crippen molar-refractivity contribution in [3.8, 4) is 0 Å². The number of benzene rings is 1. The maximum atomic E-state index is 12.4. The number of pyridine rings is 1. The van der Waals surface area contributed by atoms with E-state index in [9.17, 15) is 4.79 Å². The highest BCUT2D eigenvalue weighted by atomic mass is 35.5. The zero-order valence-electron chi connectivity index (χ0n) is 13.1. The molecular weight excluding hydrogens is 357 g/mol. The van der Waals surface area contributed by atoms with Gasteiger partial charge < -0.3 is 11.1 Å². The van der Waals surface area contributed by atoms with Crippen LogP contribution in [0.25, 0.3) is 10.9 Å². The zero-order valence-corrected chi connectivity index (χ0v) is 15.5. The Morgan fingerprint density at radius 2 is 1.83 bits per heavy atom. The van der Waals surface area contributed by atoms with Crippen molar-refractivity contribution < 1.29 is 4.79 Å². The minimum atomic E-state index is -0.373. The van der Waals surface area contributed by atoms with Crippen molar-refractivity contribution >= 4 is 53.2 Å². The van der Waals surface area contributed by atoms with Crippen LogP contribution in [0.15, 0.2) is 30.3 Å². The number of fused-ring (bicyclic) bond motifs is 1. The fourth-order valence-corrected chi connectivity index (χ4v) is 2.45. The molecule has 0 bridgehead atoms. The molecule has 0 aliphatic rings. The number of nitrogens with two attached hydrogens (primary N) is 1. The average Bonchev–Trinajstić information content (AvgIpc) is 2.51. The lowest BCUT2D eigenvalue weighted by Gasteiger charge is -2.31.